The van der Waals surface area contributed by atoms with E-state index in [9.17, 15) is 22.0 Å². The molecule has 1 aromatic carbocycles. The summed E-state index contributed by atoms with van der Waals surface area (Å²) < 4.78 is 51.7. The number of hydrogen-bond donors (Lipinski definition) is 1. The SMILES string of the molecule is CCNC(=O)CN(CC)S(=O)(=O)c1ccc(F)cc1F. The summed E-state index contributed by atoms with van der Waals surface area (Å²) in [6.07, 6.45) is 0. The molecule has 112 valence electrons. The second-order valence-electron chi connectivity index (χ2n) is 3.96. The summed E-state index contributed by atoms with van der Waals surface area (Å²) in [6.45, 7) is 3.17. The molecule has 0 aliphatic heterocycles. The summed E-state index contributed by atoms with van der Waals surface area (Å²) >= 11 is 0. The maximum Gasteiger partial charge on any atom is 0.246 e. The first kappa shape index (κ1) is 16.5. The van der Waals surface area contributed by atoms with E-state index in [4.69, 9.17) is 0 Å². The molecule has 0 saturated heterocycles. The van der Waals surface area contributed by atoms with Crippen molar-refractivity contribution in [1.82, 2.24) is 9.62 Å². The van der Waals surface area contributed by atoms with Crippen LogP contribution in [-0.2, 0) is 14.8 Å². The van der Waals surface area contributed by atoms with Gasteiger partial charge in [-0.1, -0.05) is 6.92 Å². The normalized spacial score (nSPS) is 11.7. The van der Waals surface area contributed by atoms with Gasteiger partial charge in [-0.05, 0) is 19.1 Å². The molecule has 1 amide bonds. The van der Waals surface area contributed by atoms with Crippen LogP contribution in [0.2, 0.25) is 0 Å². The molecule has 8 heteroatoms. The van der Waals surface area contributed by atoms with Crippen LogP contribution in [0.1, 0.15) is 13.8 Å². The Morgan fingerprint density at radius 3 is 2.45 bits per heavy atom. The number of nitrogens with zero attached hydrogens (tertiary/aromatic N) is 1. The first-order valence-corrected chi connectivity index (χ1v) is 7.48. The van der Waals surface area contributed by atoms with Gasteiger partial charge in [0.05, 0.1) is 6.54 Å². The topological polar surface area (TPSA) is 66.5 Å². The third kappa shape index (κ3) is 3.73. The monoisotopic (exact) mass is 306 g/mol. The average molecular weight is 306 g/mol. The van der Waals surface area contributed by atoms with Gasteiger partial charge in [0.1, 0.15) is 16.5 Å². The molecule has 0 bridgehead atoms. The highest BCUT2D eigenvalue weighted by Crippen LogP contribution is 2.19. The zero-order valence-electron chi connectivity index (χ0n) is 11.2. The van der Waals surface area contributed by atoms with Crippen molar-refractivity contribution in [3.63, 3.8) is 0 Å². The molecule has 1 aromatic rings. The predicted octanol–water partition coefficient (Wildman–Crippen LogP) is 1.11. The van der Waals surface area contributed by atoms with Gasteiger partial charge in [-0.15, -0.1) is 0 Å². The lowest BCUT2D eigenvalue weighted by atomic mass is 10.3. The van der Waals surface area contributed by atoms with Gasteiger partial charge in [-0.25, -0.2) is 17.2 Å². The second kappa shape index (κ2) is 6.76. The molecule has 1 N–H and O–H groups in total. The van der Waals surface area contributed by atoms with E-state index in [1.165, 1.54) is 6.92 Å². The summed E-state index contributed by atoms with van der Waals surface area (Å²) in [5.41, 5.74) is 0. The van der Waals surface area contributed by atoms with Crippen molar-refractivity contribution < 1.29 is 22.0 Å². The van der Waals surface area contributed by atoms with Gasteiger partial charge in [0.25, 0.3) is 0 Å². The maximum atomic E-state index is 13.6. The Bertz CT molecular complexity index is 590. The zero-order valence-corrected chi connectivity index (χ0v) is 12.0. The fourth-order valence-corrected chi connectivity index (χ4v) is 3.05. The molecular weight excluding hydrogens is 290 g/mol. The van der Waals surface area contributed by atoms with E-state index >= 15 is 0 Å². The van der Waals surface area contributed by atoms with Crippen molar-refractivity contribution in [3.05, 3.63) is 29.8 Å². The fraction of sp³-hybridized carbons (Fsp3) is 0.417. The van der Waals surface area contributed by atoms with Crippen molar-refractivity contribution in [1.29, 1.82) is 0 Å². The van der Waals surface area contributed by atoms with E-state index in [2.05, 4.69) is 5.32 Å². The lowest BCUT2D eigenvalue weighted by molar-refractivity contribution is -0.121. The van der Waals surface area contributed by atoms with E-state index in [-0.39, 0.29) is 6.54 Å². The number of likely N-dealkylation sites (N-methyl/N-ethyl adjacent to an activating group) is 2. The van der Waals surface area contributed by atoms with Crippen molar-refractivity contribution in [2.24, 2.45) is 0 Å². The minimum absolute atomic E-state index is 0.00369. The highest BCUT2D eigenvalue weighted by Gasteiger charge is 2.28. The molecule has 1 rings (SSSR count). The minimum atomic E-state index is -4.18. The number of hydrogen-bond acceptors (Lipinski definition) is 3. The zero-order chi connectivity index (χ0) is 15.3. The number of rotatable bonds is 6. The summed E-state index contributed by atoms with van der Waals surface area (Å²) in [5.74, 6) is -2.53. The van der Waals surface area contributed by atoms with E-state index < -0.39 is 39.0 Å². The lowest BCUT2D eigenvalue weighted by Crippen LogP contribution is -2.40. The molecule has 0 atom stereocenters. The first-order chi connectivity index (χ1) is 9.32. The smallest absolute Gasteiger partial charge is 0.246 e. The molecule has 0 spiro atoms. The van der Waals surface area contributed by atoms with Gasteiger partial charge >= 0.3 is 0 Å². The maximum absolute atomic E-state index is 13.6. The first-order valence-electron chi connectivity index (χ1n) is 6.04. The van der Waals surface area contributed by atoms with E-state index in [1.807, 2.05) is 0 Å². The highest BCUT2D eigenvalue weighted by atomic mass is 32.2. The Balaban J connectivity index is 3.09. The molecule has 0 fully saturated rings. The molecule has 0 unspecified atom stereocenters. The van der Waals surface area contributed by atoms with Crippen molar-refractivity contribution >= 4 is 15.9 Å². The number of amides is 1. The van der Waals surface area contributed by atoms with Crippen molar-refractivity contribution in [2.45, 2.75) is 18.7 Å². The summed E-state index contributed by atoms with van der Waals surface area (Å²) in [7, 11) is -4.18. The number of nitrogens with one attached hydrogen (secondary N) is 1. The van der Waals surface area contributed by atoms with Crippen LogP contribution in [0, 0.1) is 11.6 Å². The Morgan fingerprint density at radius 1 is 1.30 bits per heavy atom. The van der Waals surface area contributed by atoms with Crippen LogP contribution in [0.3, 0.4) is 0 Å². The van der Waals surface area contributed by atoms with E-state index in [0.717, 1.165) is 16.4 Å². The fourth-order valence-electron chi connectivity index (χ4n) is 1.60. The Morgan fingerprint density at radius 2 is 1.95 bits per heavy atom. The molecule has 0 radical (unpaired) electrons. The van der Waals surface area contributed by atoms with Gasteiger partial charge in [-0.3, -0.25) is 4.79 Å². The highest BCUT2D eigenvalue weighted by molar-refractivity contribution is 7.89. The minimum Gasteiger partial charge on any atom is -0.355 e. The van der Waals surface area contributed by atoms with E-state index in [0.29, 0.717) is 12.6 Å². The van der Waals surface area contributed by atoms with Crippen LogP contribution >= 0.6 is 0 Å². The predicted molar refractivity (Wildman–Crippen MR) is 69.5 cm³/mol. The summed E-state index contributed by atoms with van der Waals surface area (Å²) in [4.78, 5) is 10.8. The van der Waals surface area contributed by atoms with Gasteiger partial charge in [-0.2, -0.15) is 4.31 Å². The summed E-state index contributed by atoms with van der Waals surface area (Å²) in [5, 5.41) is 2.46. The number of carbonyl (C=O) groups excluding carboxylic acids is 1. The van der Waals surface area contributed by atoms with Crippen LogP contribution in [0.5, 0.6) is 0 Å². The average Bonchev–Trinajstić information content (AvgIpc) is 2.35. The lowest BCUT2D eigenvalue weighted by Gasteiger charge is -2.20. The van der Waals surface area contributed by atoms with E-state index in [1.54, 1.807) is 6.92 Å². The largest absolute Gasteiger partial charge is 0.355 e. The molecule has 0 aliphatic carbocycles. The molecule has 5 nitrogen and oxygen atoms in total. The van der Waals surface area contributed by atoms with Crippen LogP contribution in [0.15, 0.2) is 23.1 Å². The molecule has 20 heavy (non-hydrogen) atoms. The number of benzene rings is 1. The molecule has 0 aromatic heterocycles. The van der Waals surface area contributed by atoms with Gasteiger partial charge in [0, 0.05) is 19.2 Å². The Kier molecular flexibility index (Phi) is 5.58. The van der Waals surface area contributed by atoms with Gasteiger partial charge in [0.2, 0.25) is 15.9 Å². The van der Waals surface area contributed by atoms with Gasteiger partial charge in [0.15, 0.2) is 0 Å². The Hall–Kier alpha value is -1.54. The third-order valence-electron chi connectivity index (χ3n) is 2.56. The van der Waals surface area contributed by atoms with Gasteiger partial charge < -0.3 is 5.32 Å². The standard InChI is InChI=1S/C12H16F2N2O3S/c1-3-15-12(17)8-16(4-2)20(18,19)11-6-5-9(13)7-10(11)14/h5-7H,3-4,8H2,1-2H3,(H,15,17). The quantitative estimate of drug-likeness (QED) is 0.856. The number of halogens is 2. The van der Waals surface area contributed by atoms with Crippen molar-refractivity contribution in [2.75, 3.05) is 19.6 Å². The van der Waals surface area contributed by atoms with Crippen LogP contribution in [-0.4, -0.2) is 38.3 Å². The molecule has 0 aliphatic rings. The second-order valence-corrected chi connectivity index (χ2v) is 5.87. The van der Waals surface area contributed by atoms with Crippen molar-refractivity contribution in [3.8, 4) is 0 Å². The number of carbonyl (C=O) groups is 1. The molecule has 0 saturated carbocycles. The van der Waals surface area contributed by atoms with Crippen LogP contribution in [0.25, 0.3) is 0 Å². The molecule has 0 heterocycles. The van der Waals surface area contributed by atoms with Crippen LogP contribution < -0.4 is 5.32 Å². The molecular formula is C12H16F2N2O3S. The Labute approximate surface area is 116 Å². The van der Waals surface area contributed by atoms with Crippen LogP contribution in [0.4, 0.5) is 8.78 Å². The summed E-state index contributed by atoms with van der Waals surface area (Å²) in [6, 6.07) is 2.20. The third-order valence-corrected chi connectivity index (χ3v) is 4.51. The number of sulfonamides is 1.